The second-order valence-corrected chi connectivity index (χ2v) is 8.18. The summed E-state index contributed by atoms with van der Waals surface area (Å²) in [4.78, 5) is 15.8. The molecule has 0 aliphatic rings. The van der Waals surface area contributed by atoms with Crippen molar-refractivity contribution in [2.24, 2.45) is 0 Å². The third kappa shape index (κ3) is 3.54. The summed E-state index contributed by atoms with van der Waals surface area (Å²) in [5, 5.41) is 10.4. The minimum Gasteiger partial charge on any atom is -0.495 e. The van der Waals surface area contributed by atoms with E-state index in [0.717, 1.165) is 28.8 Å². The fourth-order valence-electron chi connectivity index (χ4n) is 2.86. The van der Waals surface area contributed by atoms with Crippen LogP contribution in [0.25, 0.3) is 5.69 Å². The molecule has 0 atom stereocenters. The first-order chi connectivity index (χ1) is 14.0. The summed E-state index contributed by atoms with van der Waals surface area (Å²) < 4.78 is 68.4. The summed E-state index contributed by atoms with van der Waals surface area (Å²) in [5.41, 5.74) is -5.30. The molecule has 0 aliphatic heterocycles. The number of hydrogen-bond donors (Lipinski definition) is 1. The number of rotatable bonds is 5. The molecular weight excluding hydrogens is 427 g/mol. The molecule has 2 aromatic heterocycles. The zero-order chi connectivity index (χ0) is 22.3. The van der Waals surface area contributed by atoms with Gasteiger partial charge in [0.15, 0.2) is 0 Å². The number of imidazole rings is 1. The SMILES string of the molecule is COc1cnccc1Cn1c(C)c(O)n(-c2ccc(S(=O)(=O)C(F)(F)F)cc2)c1=O. The molecule has 0 saturated heterocycles. The molecule has 0 aliphatic carbocycles. The quantitative estimate of drug-likeness (QED) is 0.650. The molecule has 160 valence electrons. The third-order valence-electron chi connectivity index (χ3n) is 4.49. The Kier molecular flexibility index (Phi) is 5.37. The number of halogens is 3. The lowest BCUT2D eigenvalue weighted by molar-refractivity contribution is -0.0436. The molecule has 30 heavy (non-hydrogen) atoms. The number of hydrogen-bond acceptors (Lipinski definition) is 6. The molecule has 3 aromatic rings. The van der Waals surface area contributed by atoms with E-state index in [0.29, 0.717) is 11.3 Å². The van der Waals surface area contributed by atoms with Gasteiger partial charge in [-0.3, -0.25) is 9.55 Å². The van der Waals surface area contributed by atoms with Crippen LogP contribution in [0.2, 0.25) is 0 Å². The Morgan fingerprint density at radius 3 is 2.37 bits per heavy atom. The van der Waals surface area contributed by atoms with Gasteiger partial charge >= 0.3 is 11.2 Å². The highest BCUT2D eigenvalue weighted by Gasteiger charge is 2.46. The third-order valence-corrected chi connectivity index (χ3v) is 5.99. The van der Waals surface area contributed by atoms with Gasteiger partial charge in [0.1, 0.15) is 5.75 Å². The van der Waals surface area contributed by atoms with Crippen LogP contribution in [0.5, 0.6) is 11.6 Å². The van der Waals surface area contributed by atoms with Crippen LogP contribution in [-0.4, -0.2) is 40.3 Å². The Hall–Kier alpha value is -3.28. The predicted molar refractivity (Wildman–Crippen MR) is 99.6 cm³/mol. The van der Waals surface area contributed by atoms with Crippen molar-refractivity contribution < 1.29 is 31.4 Å². The van der Waals surface area contributed by atoms with Crippen LogP contribution in [-0.2, 0) is 16.4 Å². The number of alkyl halides is 3. The van der Waals surface area contributed by atoms with E-state index in [-0.39, 0.29) is 17.9 Å². The van der Waals surface area contributed by atoms with Gasteiger partial charge in [-0.1, -0.05) is 0 Å². The summed E-state index contributed by atoms with van der Waals surface area (Å²) in [6, 6.07) is 5.11. The van der Waals surface area contributed by atoms with E-state index in [1.165, 1.54) is 31.0 Å². The van der Waals surface area contributed by atoms with Crippen molar-refractivity contribution in [1.29, 1.82) is 0 Å². The molecule has 0 spiro atoms. The van der Waals surface area contributed by atoms with Gasteiger partial charge in [0.2, 0.25) is 5.88 Å². The van der Waals surface area contributed by atoms with Gasteiger partial charge in [-0.15, -0.1) is 0 Å². The first kappa shape index (κ1) is 21.4. The van der Waals surface area contributed by atoms with Gasteiger partial charge in [-0.2, -0.15) is 13.2 Å². The zero-order valence-electron chi connectivity index (χ0n) is 15.7. The van der Waals surface area contributed by atoms with Gasteiger partial charge < -0.3 is 9.84 Å². The lowest BCUT2D eigenvalue weighted by atomic mass is 10.2. The first-order valence-electron chi connectivity index (χ1n) is 8.38. The molecule has 8 nitrogen and oxygen atoms in total. The van der Waals surface area contributed by atoms with Gasteiger partial charge in [-0.25, -0.2) is 17.8 Å². The number of aromatic nitrogens is 3. The van der Waals surface area contributed by atoms with E-state index in [2.05, 4.69) is 4.98 Å². The van der Waals surface area contributed by atoms with Crippen LogP contribution in [0.15, 0.2) is 52.4 Å². The molecule has 0 saturated carbocycles. The molecule has 3 rings (SSSR count). The van der Waals surface area contributed by atoms with E-state index in [4.69, 9.17) is 4.74 Å². The van der Waals surface area contributed by atoms with Crippen molar-refractivity contribution in [2.75, 3.05) is 7.11 Å². The zero-order valence-corrected chi connectivity index (χ0v) is 16.5. The Balaban J connectivity index is 2.05. The maximum absolute atomic E-state index is 12.9. The second kappa shape index (κ2) is 7.52. The number of methoxy groups -OCH3 is 1. The molecule has 12 heteroatoms. The molecule has 1 N–H and O–H groups in total. The van der Waals surface area contributed by atoms with Gasteiger partial charge in [0, 0.05) is 11.8 Å². The van der Waals surface area contributed by atoms with Crippen LogP contribution in [0.1, 0.15) is 11.3 Å². The van der Waals surface area contributed by atoms with Crippen molar-refractivity contribution in [3.8, 4) is 17.3 Å². The van der Waals surface area contributed by atoms with Crippen molar-refractivity contribution >= 4 is 9.84 Å². The second-order valence-electron chi connectivity index (χ2n) is 6.24. The van der Waals surface area contributed by atoms with E-state index in [1.54, 1.807) is 6.07 Å². The Morgan fingerprint density at radius 1 is 1.17 bits per heavy atom. The maximum Gasteiger partial charge on any atom is 0.501 e. The van der Waals surface area contributed by atoms with Gasteiger partial charge in [-0.05, 0) is 37.3 Å². The highest BCUT2D eigenvalue weighted by atomic mass is 32.2. The monoisotopic (exact) mass is 443 g/mol. The van der Waals surface area contributed by atoms with Crippen LogP contribution < -0.4 is 10.4 Å². The molecule has 0 amide bonds. The van der Waals surface area contributed by atoms with E-state index < -0.39 is 31.8 Å². The molecule has 0 unspecified atom stereocenters. The topological polar surface area (TPSA) is 103 Å². The number of pyridine rings is 1. The molecule has 0 bridgehead atoms. The summed E-state index contributed by atoms with van der Waals surface area (Å²) in [7, 11) is -4.08. The number of nitrogens with zero attached hydrogens (tertiary/aromatic N) is 3. The molecule has 0 fully saturated rings. The Bertz CT molecular complexity index is 1250. The normalized spacial score (nSPS) is 12.2. The highest BCUT2D eigenvalue weighted by molar-refractivity contribution is 7.92. The van der Waals surface area contributed by atoms with Crippen LogP contribution in [0, 0.1) is 6.92 Å². The van der Waals surface area contributed by atoms with Crippen LogP contribution in [0.4, 0.5) is 13.2 Å². The lowest BCUT2D eigenvalue weighted by Crippen LogP contribution is -2.25. The highest BCUT2D eigenvalue weighted by Crippen LogP contribution is 2.31. The minimum atomic E-state index is -5.52. The van der Waals surface area contributed by atoms with Crippen LogP contribution in [0.3, 0.4) is 0 Å². The van der Waals surface area contributed by atoms with E-state index >= 15 is 0 Å². The number of ether oxygens (including phenoxy) is 1. The smallest absolute Gasteiger partial charge is 0.495 e. The maximum atomic E-state index is 12.9. The largest absolute Gasteiger partial charge is 0.501 e. The number of benzene rings is 1. The van der Waals surface area contributed by atoms with Gasteiger partial charge in [0.05, 0.1) is 36.1 Å². The molecule has 2 heterocycles. The van der Waals surface area contributed by atoms with Crippen molar-refractivity contribution in [2.45, 2.75) is 23.9 Å². The average molecular weight is 443 g/mol. The first-order valence-corrected chi connectivity index (χ1v) is 9.87. The van der Waals surface area contributed by atoms with Crippen LogP contribution >= 0.6 is 0 Å². The predicted octanol–water partition coefficient (Wildman–Crippen LogP) is 2.40. The summed E-state index contributed by atoms with van der Waals surface area (Å²) in [6.07, 6.45) is 2.97. The molecule has 0 radical (unpaired) electrons. The molecular formula is C18H16F3N3O5S. The van der Waals surface area contributed by atoms with E-state index in [9.17, 15) is 31.5 Å². The van der Waals surface area contributed by atoms with Crippen molar-refractivity contribution in [3.05, 3.63) is 64.5 Å². The van der Waals surface area contributed by atoms with Crippen molar-refractivity contribution in [1.82, 2.24) is 14.1 Å². The van der Waals surface area contributed by atoms with E-state index in [1.807, 2.05) is 0 Å². The van der Waals surface area contributed by atoms with Crippen molar-refractivity contribution in [3.63, 3.8) is 0 Å². The Morgan fingerprint density at radius 2 is 1.80 bits per heavy atom. The fourth-order valence-corrected chi connectivity index (χ4v) is 3.62. The lowest BCUT2D eigenvalue weighted by Gasteiger charge is -2.09. The summed E-state index contributed by atoms with van der Waals surface area (Å²) in [5.74, 6) is -0.00259. The molecule has 1 aromatic carbocycles. The fraction of sp³-hybridized carbons (Fsp3) is 0.222. The average Bonchev–Trinajstić information content (AvgIpc) is 2.91. The number of sulfone groups is 1. The standard InChI is InChI=1S/C18H16F3N3O5S/c1-11-16(25)24(13-3-5-14(6-4-13)30(27,28)18(19,20)21)17(26)23(11)10-12-7-8-22-9-15(12)29-2/h3-9,25H,10H2,1-2H3. The Labute approximate surface area is 168 Å². The van der Waals surface area contributed by atoms with Gasteiger partial charge in [0.25, 0.3) is 9.84 Å². The summed E-state index contributed by atoms with van der Waals surface area (Å²) >= 11 is 0. The summed E-state index contributed by atoms with van der Waals surface area (Å²) in [6.45, 7) is 1.53. The minimum absolute atomic E-state index is 0.00201. The number of aromatic hydroxyl groups is 1.